The fraction of sp³-hybridized carbons (Fsp3) is 0.150. The van der Waals surface area contributed by atoms with E-state index in [1.807, 2.05) is 0 Å². The van der Waals surface area contributed by atoms with Gasteiger partial charge in [-0.1, -0.05) is 12.1 Å². The van der Waals surface area contributed by atoms with Gasteiger partial charge in [0.1, 0.15) is 5.76 Å². The first kappa shape index (κ1) is 22.7. The average Bonchev–Trinajstić information content (AvgIpc) is 3.26. The van der Waals surface area contributed by atoms with E-state index >= 15 is 0 Å². The second-order valence-electron chi connectivity index (χ2n) is 6.70. The van der Waals surface area contributed by atoms with Crippen LogP contribution in [-0.4, -0.2) is 41.1 Å². The summed E-state index contributed by atoms with van der Waals surface area (Å²) in [7, 11) is -4.75. The van der Waals surface area contributed by atoms with Gasteiger partial charge < -0.3 is 9.73 Å². The third-order valence-electron chi connectivity index (χ3n) is 4.29. The maximum atomic E-state index is 12.6. The van der Waals surface area contributed by atoms with Crippen molar-refractivity contribution in [1.82, 2.24) is 9.03 Å². The quantitative estimate of drug-likeness (QED) is 0.528. The van der Waals surface area contributed by atoms with Gasteiger partial charge in [0.05, 0.1) is 22.6 Å². The fourth-order valence-corrected chi connectivity index (χ4v) is 4.60. The van der Waals surface area contributed by atoms with E-state index in [0.29, 0.717) is 5.76 Å². The van der Waals surface area contributed by atoms with Crippen molar-refractivity contribution in [3.8, 4) is 0 Å². The zero-order chi connectivity index (χ0) is 22.6. The van der Waals surface area contributed by atoms with Gasteiger partial charge in [-0.05, 0) is 48.5 Å². The molecule has 1 amide bonds. The molecule has 2 N–H and O–H groups in total. The molecule has 0 atom stereocenters. The molecule has 0 bridgehead atoms. The second kappa shape index (κ2) is 9.02. The summed E-state index contributed by atoms with van der Waals surface area (Å²) >= 11 is 0. The molecule has 0 aliphatic heterocycles. The smallest absolute Gasteiger partial charge is 0.255 e. The van der Waals surface area contributed by atoms with Crippen molar-refractivity contribution in [3.63, 3.8) is 0 Å². The normalized spacial score (nSPS) is 12.1. The van der Waals surface area contributed by atoms with Gasteiger partial charge in [0, 0.05) is 25.3 Å². The van der Waals surface area contributed by atoms with Crippen LogP contribution in [0.3, 0.4) is 0 Å². The highest BCUT2D eigenvalue weighted by molar-refractivity contribution is 7.89. The van der Waals surface area contributed by atoms with Gasteiger partial charge in [0.15, 0.2) is 0 Å². The number of sulfonamides is 2. The number of benzene rings is 2. The predicted octanol–water partition coefficient (Wildman–Crippen LogP) is 2.26. The molecule has 11 heteroatoms. The minimum atomic E-state index is -3.84. The highest BCUT2D eigenvalue weighted by atomic mass is 32.2. The summed E-state index contributed by atoms with van der Waals surface area (Å²) in [6, 6.07) is 14.6. The molecule has 164 valence electrons. The second-order valence-corrected chi connectivity index (χ2v) is 10.6. The summed E-state index contributed by atoms with van der Waals surface area (Å²) in [5.41, 5.74) is 0.360. The molecule has 2 aromatic carbocycles. The van der Waals surface area contributed by atoms with Gasteiger partial charge >= 0.3 is 0 Å². The summed E-state index contributed by atoms with van der Waals surface area (Å²) in [5.74, 6) is -0.116. The molecule has 0 fully saturated rings. The van der Waals surface area contributed by atoms with Gasteiger partial charge in [-0.3, -0.25) is 4.79 Å². The standard InChI is InChI=1S/C20H21N3O6S2/c1-23(2)31(27,28)19-10-3-6-15(12-19)20(24)22-16-7-4-9-18(13-16)30(25,26)21-14-17-8-5-11-29-17/h3-13,21H,14H2,1-2H3,(H,22,24). The monoisotopic (exact) mass is 463 g/mol. The number of nitrogens with one attached hydrogen (secondary N) is 2. The van der Waals surface area contributed by atoms with Gasteiger partial charge in [0.25, 0.3) is 5.91 Å². The zero-order valence-electron chi connectivity index (χ0n) is 16.8. The Kier molecular flexibility index (Phi) is 6.60. The van der Waals surface area contributed by atoms with E-state index in [-0.39, 0.29) is 27.6 Å². The molecular formula is C20H21N3O6S2. The Morgan fingerprint density at radius 3 is 2.32 bits per heavy atom. The van der Waals surface area contributed by atoms with Gasteiger partial charge in [-0.15, -0.1) is 0 Å². The molecule has 1 aromatic heterocycles. The van der Waals surface area contributed by atoms with E-state index in [9.17, 15) is 21.6 Å². The first-order valence-electron chi connectivity index (χ1n) is 9.06. The summed E-state index contributed by atoms with van der Waals surface area (Å²) < 4.78 is 58.2. The Morgan fingerprint density at radius 1 is 0.935 bits per heavy atom. The first-order chi connectivity index (χ1) is 14.6. The van der Waals surface area contributed by atoms with Crippen molar-refractivity contribution in [2.45, 2.75) is 16.3 Å². The van der Waals surface area contributed by atoms with E-state index < -0.39 is 26.0 Å². The van der Waals surface area contributed by atoms with Crippen molar-refractivity contribution < 1.29 is 26.0 Å². The lowest BCUT2D eigenvalue weighted by Gasteiger charge is -2.12. The number of carbonyl (C=O) groups excluding carboxylic acids is 1. The lowest BCUT2D eigenvalue weighted by molar-refractivity contribution is 0.102. The number of amides is 1. The van der Waals surface area contributed by atoms with E-state index in [0.717, 1.165) is 4.31 Å². The van der Waals surface area contributed by atoms with Crippen molar-refractivity contribution in [1.29, 1.82) is 0 Å². The first-order valence-corrected chi connectivity index (χ1v) is 12.0. The largest absolute Gasteiger partial charge is 0.468 e. The molecule has 0 aliphatic rings. The van der Waals surface area contributed by atoms with E-state index in [4.69, 9.17) is 4.42 Å². The minimum absolute atomic E-state index is 0.0148. The Hall–Kier alpha value is -2.99. The van der Waals surface area contributed by atoms with E-state index in [1.165, 1.54) is 68.9 Å². The Balaban J connectivity index is 1.77. The van der Waals surface area contributed by atoms with Crippen molar-refractivity contribution in [2.24, 2.45) is 0 Å². The summed E-state index contributed by atoms with van der Waals surface area (Å²) in [5, 5.41) is 2.59. The summed E-state index contributed by atoms with van der Waals surface area (Å²) in [6.07, 6.45) is 1.44. The summed E-state index contributed by atoms with van der Waals surface area (Å²) in [6.45, 7) is -0.0148. The maximum absolute atomic E-state index is 12.6. The number of rotatable bonds is 8. The average molecular weight is 464 g/mol. The molecule has 0 saturated heterocycles. The van der Waals surface area contributed by atoms with Crippen LogP contribution in [0.2, 0.25) is 0 Å². The van der Waals surface area contributed by atoms with Crippen LogP contribution in [0.5, 0.6) is 0 Å². The number of hydrogen-bond donors (Lipinski definition) is 2. The molecule has 0 radical (unpaired) electrons. The number of nitrogens with zero attached hydrogens (tertiary/aromatic N) is 1. The lowest BCUT2D eigenvalue weighted by atomic mass is 10.2. The van der Waals surface area contributed by atoms with Crippen LogP contribution in [-0.2, 0) is 26.6 Å². The molecule has 31 heavy (non-hydrogen) atoms. The number of hydrogen-bond acceptors (Lipinski definition) is 6. The van der Waals surface area contributed by atoms with Crippen molar-refractivity contribution in [2.75, 3.05) is 19.4 Å². The summed E-state index contributed by atoms with van der Waals surface area (Å²) in [4.78, 5) is 12.5. The van der Waals surface area contributed by atoms with E-state index in [1.54, 1.807) is 12.1 Å². The third-order valence-corrected chi connectivity index (χ3v) is 7.50. The zero-order valence-corrected chi connectivity index (χ0v) is 18.4. The Labute approximate surface area is 180 Å². The lowest BCUT2D eigenvalue weighted by Crippen LogP contribution is -2.23. The van der Waals surface area contributed by atoms with Crippen LogP contribution >= 0.6 is 0 Å². The highest BCUT2D eigenvalue weighted by Crippen LogP contribution is 2.19. The molecule has 1 heterocycles. The molecule has 3 rings (SSSR count). The molecule has 0 saturated carbocycles. The molecule has 3 aromatic rings. The van der Waals surface area contributed by atoms with Gasteiger partial charge in [-0.2, -0.15) is 0 Å². The van der Waals surface area contributed by atoms with Crippen LogP contribution in [0.15, 0.2) is 81.1 Å². The number of anilines is 1. The minimum Gasteiger partial charge on any atom is -0.468 e. The highest BCUT2D eigenvalue weighted by Gasteiger charge is 2.19. The molecule has 0 aliphatic carbocycles. The van der Waals surface area contributed by atoms with Crippen molar-refractivity contribution >= 4 is 31.6 Å². The Morgan fingerprint density at radius 2 is 1.65 bits per heavy atom. The number of carbonyl (C=O) groups is 1. The number of furan rings is 1. The third kappa shape index (κ3) is 5.39. The molecular weight excluding hydrogens is 442 g/mol. The van der Waals surface area contributed by atoms with E-state index in [2.05, 4.69) is 10.0 Å². The SMILES string of the molecule is CN(C)S(=O)(=O)c1cccc(C(=O)Nc2cccc(S(=O)(=O)NCc3ccco3)c2)c1. The predicted molar refractivity (Wildman–Crippen MR) is 114 cm³/mol. The Bertz CT molecular complexity index is 1280. The van der Waals surface area contributed by atoms with Crippen LogP contribution < -0.4 is 10.0 Å². The molecule has 9 nitrogen and oxygen atoms in total. The van der Waals surface area contributed by atoms with Crippen LogP contribution in [0, 0.1) is 0 Å². The van der Waals surface area contributed by atoms with Crippen LogP contribution in [0.4, 0.5) is 5.69 Å². The fourth-order valence-electron chi connectivity index (χ4n) is 2.62. The van der Waals surface area contributed by atoms with Crippen LogP contribution in [0.1, 0.15) is 16.1 Å². The molecule has 0 spiro atoms. The van der Waals surface area contributed by atoms with Crippen LogP contribution in [0.25, 0.3) is 0 Å². The topological polar surface area (TPSA) is 126 Å². The van der Waals surface area contributed by atoms with Crippen molar-refractivity contribution in [3.05, 3.63) is 78.3 Å². The maximum Gasteiger partial charge on any atom is 0.255 e. The van der Waals surface area contributed by atoms with Gasteiger partial charge in [-0.25, -0.2) is 25.9 Å². The van der Waals surface area contributed by atoms with Gasteiger partial charge in [0.2, 0.25) is 20.0 Å². The molecule has 0 unspecified atom stereocenters.